The molecule has 1 aliphatic rings. The molecule has 2 N–H and O–H groups in total. The number of rotatable bonds is 8. The van der Waals surface area contributed by atoms with Crippen LogP contribution in [0.5, 0.6) is 0 Å². The zero-order valence-electron chi connectivity index (χ0n) is 20.2. The van der Waals surface area contributed by atoms with E-state index in [1.807, 2.05) is 0 Å². The molecule has 2 aromatic heterocycles. The molecule has 0 saturated heterocycles. The zero-order chi connectivity index (χ0) is 27.0. The fourth-order valence-corrected chi connectivity index (χ4v) is 4.46. The fourth-order valence-electron chi connectivity index (χ4n) is 4.46. The molecule has 0 bridgehead atoms. The summed E-state index contributed by atoms with van der Waals surface area (Å²) in [6, 6.07) is 11.1. The fraction of sp³-hybridized carbons (Fsp3) is 0.308. The van der Waals surface area contributed by atoms with E-state index in [9.17, 15) is 27.2 Å². The van der Waals surface area contributed by atoms with Crippen LogP contribution >= 0.6 is 0 Å². The van der Waals surface area contributed by atoms with Gasteiger partial charge in [0.15, 0.2) is 17.3 Å². The maximum Gasteiger partial charge on any atom is 0.389 e. The number of guanidine groups is 1. The van der Waals surface area contributed by atoms with E-state index < -0.39 is 30.0 Å². The number of nitrogens with zero attached hydrogens (tertiary/aromatic N) is 4. The number of aliphatic imine (C=N–C) groups is 1. The number of alkyl halides is 3. The van der Waals surface area contributed by atoms with Gasteiger partial charge in [0.25, 0.3) is 5.91 Å². The summed E-state index contributed by atoms with van der Waals surface area (Å²) in [6.45, 7) is 1.56. The molecule has 11 heteroatoms. The standard InChI is InChI=1S/C26H25F4N5O2/c1-3-21(36)20-14-18(15-35(20)12-6-10-25(28,29)30)26(23(37)34(2)24(31)33-26)17-8-4-7-16(13-17)19-9-5-11-32-22(19)27/h4-5,7-9,11,13-15H,3,6,10,12H2,1-2H3,(H2,31,33). The lowest BCUT2D eigenvalue weighted by Gasteiger charge is -2.25. The maximum absolute atomic E-state index is 14.4. The van der Waals surface area contributed by atoms with Crippen LogP contribution in [0.15, 0.2) is 59.9 Å². The van der Waals surface area contributed by atoms with Gasteiger partial charge in [-0.05, 0) is 41.8 Å². The third-order valence-electron chi connectivity index (χ3n) is 6.37. The Kier molecular flexibility index (Phi) is 6.90. The van der Waals surface area contributed by atoms with Crippen molar-refractivity contribution in [1.29, 1.82) is 0 Å². The van der Waals surface area contributed by atoms with Crippen molar-refractivity contribution < 1.29 is 27.2 Å². The van der Waals surface area contributed by atoms with Crippen molar-refractivity contribution in [3.63, 3.8) is 0 Å². The number of carbonyl (C=O) groups excluding carboxylic acids is 2. The van der Waals surface area contributed by atoms with Crippen LogP contribution in [0.2, 0.25) is 0 Å². The average Bonchev–Trinajstić information content (AvgIpc) is 3.38. The molecular weight excluding hydrogens is 490 g/mol. The second-order valence-corrected chi connectivity index (χ2v) is 8.77. The van der Waals surface area contributed by atoms with Gasteiger partial charge in [-0.3, -0.25) is 14.5 Å². The van der Waals surface area contributed by atoms with Crippen LogP contribution < -0.4 is 5.73 Å². The molecule has 194 valence electrons. The number of carbonyl (C=O) groups is 2. The quantitative estimate of drug-likeness (QED) is 0.268. The third kappa shape index (κ3) is 4.85. The highest BCUT2D eigenvalue weighted by Crippen LogP contribution is 2.41. The summed E-state index contributed by atoms with van der Waals surface area (Å²) in [5.41, 5.74) is 5.77. The Hall–Kier alpha value is -4.02. The molecule has 0 aliphatic carbocycles. The van der Waals surface area contributed by atoms with Crippen molar-refractivity contribution in [2.75, 3.05) is 7.05 Å². The van der Waals surface area contributed by atoms with Gasteiger partial charge >= 0.3 is 6.18 Å². The van der Waals surface area contributed by atoms with Gasteiger partial charge < -0.3 is 10.3 Å². The predicted octanol–water partition coefficient (Wildman–Crippen LogP) is 4.65. The Bertz CT molecular complexity index is 1380. The Morgan fingerprint density at radius 2 is 1.89 bits per heavy atom. The van der Waals surface area contributed by atoms with Gasteiger partial charge in [0.1, 0.15) is 0 Å². The number of halogens is 4. The van der Waals surface area contributed by atoms with Gasteiger partial charge in [0.2, 0.25) is 5.95 Å². The number of hydrogen-bond acceptors (Lipinski definition) is 5. The Morgan fingerprint density at radius 3 is 2.51 bits per heavy atom. The van der Waals surface area contributed by atoms with Crippen LogP contribution in [-0.2, 0) is 16.9 Å². The van der Waals surface area contributed by atoms with Gasteiger partial charge in [-0.25, -0.2) is 9.98 Å². The van der Waals surface area contributed by atoms with E-state index in [4.69, 9.17) is 5.73 Å². The first kappa shape index (κ1) is 26.1. The minimum absolute atomic E-state index is 0.0730. The molecule has 0 saturated carbocycles. The molecule has 1 amide bonds. The first-order chi connectivity index (χ1) is 17.5. The van der Waals surface area contributed by atoms with Crippen LogP contribution in [0.1, 0.15) is 47.8 Å². The number of aromatic nitrogens is 2. The summed E-state index contributed by atoms with van der Waals surface area (Å²) < 4.78 is 54.2. The number of ketones is 1. The molecule has 3 aromatic rings. The van der Waals surface area contributed by atoms with E-state index in [-0.39, 0.29) is 48.0 Å². The van der Waals surface area contributed by atoms with E-state index in [1.165, 1.54) is 35.0 Å². The third-order valence-corrected chi connectivity index (χ3v) is 6.37. The summed E-state index contributed by atoms with van der Waals surface area (Å²) in [5.74, 6) is -1.58. The molecule has 1 unspecified atom stereocenters. The van der Waals surface area contributed by atoms with Gasteiger partial charge in [-0.2, -0.15) is 17.6 Å². The minimum atomic E-state index is -4.34. The average molecular weight is 516 g/mol. The number of pyridine rings is 1. The van der Waals surface area contributed by atoms with Crippen LogP contribution in [0.3, 0.4) is 0 Å². The first-order valence-corrected chi connectivity index (χ1v) is 11.6. The van der Waals surface area contributed by atoms with Crippen molar-refractivity contribution in [2.24, 2.45) is 10.7 Å². The van der Waals surface area contributed by atoms with Crippen molar-refractivity contribution in [3.8, 4) is 11.1 Å². The summed E-state index contributed by atoms with van der Waals surface area (Å²) in [7, 11) is 1.45. The minimum Gasteiger partial charge on any atom is -0.369 e. The molecule has 7 nitrogen and oxygen atoms in total. The number of benzene rings is 1. The smallest absolute Gasteiger partial charge is 0.369 e. The lowest BCUT2D eigenvalue weighted by Crippen LogP contribution is -2.41. The summed E-state index contributed by atoms with van der Waals surface area (Å²) in [6.07, 6.45) is -2.69. The van der Waals surface area contributed by atoms with Gasteiger partial charge in [-0.1, -0.05) is 25.1 Å². The number of likely N-dealkylation sites (N-methyl/N-ethyl adjacent to an activating group) is 1. The monoisotopic (exact) mass is 515 g/mol. The van der Waals surface area contributed by atoms with Gasteiger partial charge in [0.05, 0.1) is 5.69 Å². The second-order valence-electron chi connectivity index (χ2n) is 8.77. The molecule has 1 aliphatic heterocycles. The Morgan fingerprint density at radius 1 is 1.14 bits per heavy atom. The molecule has 0 spiro atoms. The normalized spacial score (nSPS) is 17.8. The van der Waals surface area contributed by atoms with E-state index >= 15 is 0 Å². The van der Waals surface area contributed by atoms with Crippen molar-refractivity contribution >= 4 is 17.6 Å². The molecule has 4 rings (SSSR count). The van der Waals surface area contributed by atoms with Gasteiger partial charge in [0, 0.05) is 50.0 Å². The highest BCUT2D eigenvalue weighted by molar-refractivity contribution is 6.09. The van der Waals surface area contributed by atoms with Crippen LogP contribution in [0.25, 0.3) is 11.1 Å². The van der Waals surface area contributed by atoms with Crippen LogP contribution in [0, 0.1) is 5.95 Å². The molecular formula is C26H25F4N5O2. The SMILES string of the molecule is CCC(=O)c1cc(C2(c3cccc(-c4cccnc4F)c3)N=C(N)N(C)C2=O)cn1CCCC(F)(F)F. The number of aryl methyl sites for hydroxylation is 1. The largest absolute Gasteiger partial charge is 0.389 e. The molecule has 0 radical (unpaired) electrons. The lowest BCUT2D eigenvalue weighted by molar-refractivity contribution is -0.136. The second kappa shape index (κ2) is 9.79. The van der Waals surface area contributed by atoms with E-state index in [0.717, 1.165) is 0 Å². The topological polar surface area (TPSA) is 93.6 Å². The number of amides is 1. The van der Waals surface area contributed by atoms with E-state index in [1.54, 1.807) is 43.3 Å². The molecule has 1 aromatic carbocycles. The van der Waals surface area contributed by atoms with Gasteiger partial charge in [-0.15, -0.1) is 0 Å². The number of nitrogens with two attached hydrogens (primary N) is 1. The Balaban J connectivity index is 1.87. The molecule has 1 atom stereocenters. The molecule has 0 fully saturated rings. The Labute approximate surface area is 210 Å². The highest BCUT2D eigenvalue weighted by atomic mass is 19.4. The molecule has 3 heterocycles. The van der Waals surface area contributed by atoms with E-state index in [2.05, 4.69) is 9.98 Å². The predicted molar refractivity (Wildman–Crippen MR) is 129 cm³/mol. The van der Waals surface area contributed by atoms with Crippen molar-refractivity contribution in [1.82, 2.24) is 14.5 Å². The molecule has 37 heavy (non-hydrogen) atoms. The zero-order valence-corrected chi connectivity index (χ0v) is 20.2. The van der Waals surface area contributed by atoms with Crippen LogP contribution in [0.4, 0.5) is 17.6 Å². The summed E-state index contributed by atoms with van der Waals surface area (Å²) in [5, 5.41) is 0. The first-order valence-electron chi connectivity index (χ1n) is 11.6. The lowest BCUT2D eigenvalue weighted by atomic mass is 9.83. The maximum atomic E-state index is 14.4. The van der Waals surface area contributed by atoms with Crippen molar-refractivity contribution in [3.05, 3.63) is 77.6 Å². The van der Waals surface area contributed by atoms with Crippen molar-refractivity contribution in [2.45, 2.75) is 44.4 Å². The highest BCUT2D eigenvalue weighted by Gasteiger charge is 2.50. The number of hydrogen-bond donors (Lipinski definition) is 1. The summed E-state index contributed by atoms with van der Waals surface area (Å²) >= 11 is 0. The van der Waals surface area contributed by atoms with E-state index in [0.29, 0.717) is 11.1 Å². The number of Topliss-reactive ketones (excluding diaryl/α,β-unsaturated/α-hetero) is 1. The van der Waals surface area contributed by atoms with Crippen LogP contribution in [-0.4, -0.2) is 45.3 Å². The summed E-state index contributed by atoms with van der Waals surface area (Å²) in [4.78, 5) is 35.7.